The van der Waals surface area contributed by atoms with Gasteiger partial charge in [-0.3, -0.25) is 9.79 Å². The molecule has 4 heterocycles. The number of fused-ring (bicyclic) bond motifs is 1. The van der Waals surface area contributed by atoms with Gasteiger partial charge in [-0.15, -0.1) is 5.10 Å². The van der Waals surface area contributed by atoms with Gasteiger partial charge in [-0.25, -0.2) is 4.98 Å². The molecule has 3 aliphatic rings. The molecule has 1 amide bonds. The Kier molecular flexibility index (Phi) is 7.34. The largest absolute Gasteiger partial charge is 0.443 e. The summed E-state index contributed by atoms with van der Waals surface area (Å²) >= 11 is 0.533. The number of carbonyl (C=O) groups is 1. The monoisotopic (exact) mass is 585 g/mol. The van der Waals surface area contributed by atoms with E-state index in [0.29, 0.717) is 36.6 Å². The highest BCUT2D eigenvalue weighted by atomic mass is 32.1. The Bertz CT molecular complexity index is 1520. The number of allylic oxidation sites excluding steroid dienone is 4. The van der Waals surface area contributed by atoms with Crippen molar-refractivity contribution >= 4 is 34.0 Å². The molecular formula is C27H26F3N7O3S. The number of anilines is 2. The maximum absolute atomic E-state index is 13.7. The van der Waals surface area contributed by atoms with Crippen molar-refractivity contribution < 1.29 is 27.1 Å². The standard InChI is InChI=1S/C27H26F3N7O3S/c1-39-14-16-10-7-13-37(16)24-20(33-25(41-24)27(28,29)30)23-35-36-26(40-23)34-21-22(38)31-18-12-6-5-11-17(18)19(32-21)15-8-3-2-4-9-15/h2-6,8-9,12,16-17,21H,7,10-11,13-14H2,1H3,(H,31,38)(H,34,36)/t16-,17?,21-/m1/s1. The van der Waals surface area contributed by atoms with E-state index in [-0.39, 0.29) is 34.6 Å². The predicted molar refractivity (Wildman–Crippen MR) is 147 cm³/mol. The van der Waals surface area contributed by atoms with Crippen molar-refractivity contribution in [3.63, 3.8) is 0 Å². The second-order valence-electron chi connectivity index (χ2n) is 9.78. The molecule has 1 aromatic carbocycles. The Labute approximate surface area is 237 Å². The summed E-state index contributed by atoms with van der Waals surface area (Å²) in [5.41, 5.74) is 2.22. The summed E-state index contributed by atoms with van der Waals surface area (Å²) in [6, 6.07) is 9.25. The topological polar surface area (TPSA) is 118 Å². The summed E-state index contributed by atoms with van der Waals surface area (Å²) in [4.78, 5) is 23.6. The number of rotatable bonds is 7. The molecule has 6 rings (SSSR count). The van der Waals surface area contributed by atoms with Crippen LogP contribution in [0.4, 0.5) is 24.2 Å². The highest BCUT2D eigenvalue weighted by Gasteiger charge is 2.40. The van der Waals surface area contributed by atoms with E-state index in [1.165, 1.54) is 0 Å². The molecular weight excluding hydrogens is 559 g/mol. The fourth-order valence-corrected chi connectivity index (χ4v) is 6.25. The minimum absolute atomic E-state index is 0.0630. The Morgan fingerprint density at radius 3 is 2.85 bits per heavy atom. The van der Waals surface area contributed by atoms with Crippen LogP contribution in [-0.4, -0.2) is 59.3 Å². The maximum Gasteiger partial charge on any atom is 0.443 e. The second-order valence-corrected chi connectivity index (χ2v) is 10.8. The third kappa shape index (κ3) is 5.48. The van der Waals surface area contributed by atoms with Crippen LogP contribution >= 0.6 is 11.3 Å². The van der Waals surface area contributed by atoms with E-state index in [1.807, 2.05) is 53.5 Å². The van der Waals surface area contributed by atoms with Crippen molar-refractivity contribution in [3.05, 3.63) is 64.8 Å². The lowest BCUT2D eigenvalue weighted by Crippen LogP contribution is -2.37. The number of methoxy groups -OCH3 is 1. The SMILES string of the molecule is COC[C@H]1CCCN1c1sc(C(F)(F)F)nc1-c1nnc(N[C@H]2N=C(c3ccccc3)C3CC=CC=C3NC2=O)o1. The Hall–Kier alpha value is -4.04. The van der Waals surface area contributed by atoms with Gasteiger partial charge in [0.2, 0.25) is 11.2 Å². The molecule has 0 saturated carbocycles. The molecule has 0 bridgehead atoms. The molecule has 10 nitrogen and oxygen atoms in total. The minimum atomic E-state index is -4.64. The lowest BCUT2D eigenvalue weighted by Gasteiger charge is -2.24. The van der Waals surface area contributed by atoms with Crippen LogP contribution in [-0.2, 0) is 15.7 Å². The number of halogens is 3. The van der Waals surface area contributed by atoms with E-state index < -0.39 is 23.3 Å². The van der Waals surface area contributed by atoms with Gasteiger partial charge in [-0.2, -0.15) is 13.2 Å². The van der Waals surface area contributed by atoms with Crippen LogP contribution in [0.5, 0.6) is 0 Å². The van der Waals surface area contributed by atoms with Crippen LogP contribution in [0.25, 0.3) is 11.6 Å². The molecule has 41 heavy (non-hydrogen) atoms. The summed E-state index contributed by atoms with van der Waals surface area (Å²) < 4.78 is 52.1. The first-order chi connectivity index (χ1) is 19.8. The molecule has 2 aromatic heterocycles. The number of ether oxygens (including phenoxy) is 1. The number of thiazole rings is 1. The van der Waals surface area contributed by atoms with Crippen molar-refractivity contribution in [2.75, 3.05) is 30.5 Å². The zero-order valence-corrected chi connectivity index (χ0v) is 22.7. The average Bonchev–Trinajstić information content (AvgIpc) is 3.70. The summed E-state index contributed by atoms with van der Waals surface area (Å²) in [7, 11) is 1.55. The quantitative estimate of drug-likeness (QED) is 0.412. The second kappa shape index (κ2) is 11.1. The molecule has 1 fully saturated rings. The van der Waals surface area contributed by atoms with Crippen LogP contribution in [0.3, 0.4) is 0 Å². The van der Waals surface area contributed by atoms with Gasteiger partial charge in [0.25, 0.3) is 11.8 Å². The molecule has 3 aromatic rings. The van der Waals surface area contributed by atoms with E-state index in [2.05, 4.69) is 25.8 Å². The van der Waals surface area contributed by atoms with Gasteiger partial charge in [0.15, 0.2) is 5.69 Å². The van der Waals surface area contributed by atoms with Gasteiger partial charge in [0.1, 0.15) is 5.00 Å². The van der Waals surface area contributed by atoms with Crippen LogP contribution in [0.15, 0.2) is 63.7 Å². The lowest BCUT2D eigenvalue weighted by atomic mass is 9.88. The maximum atomic E-state index is 13.7. The molecule has 1 saturated heterocycles. The highest BCUT2D eigenvalue weighted by Crippen LogP contribution is 2.44. The van der Waals surface area contributed by atoms with E-state index >= 15 is 0 Å². The fraction of sp³-hybridized carbons (Fsp3) is 0.370. The van der Waals surface area contributed by atoms with E-state index in [4.69, 9.17) is 14.1 Å². The van der Waals surface area contributed by atoms with Crippen molar-refractivity contribution in [2.24, 2.45) is 10.9 Å². The highest BCUT2D eigenvalue weighted by molar-refractivity contribution is 7.16. The molecule has 2 N–H and O–H groups in total. The Balaban J connectivity index is 1.33. The zero-order valence-electron chi connectivity index (χ0n) is 21.9. The van der Waals surface area contributed by atoms with E-state index in [9.17, 15) is 18.0 Å². The van der Waals surface area contributed by atoms with E-state index in [1.54, 1.807) is 7.11 Å². The molecule has 1 unspecified atom stereocenters. The van der Waals surface area contributed by atoms with Gasteiger partial charge in [0, 0.05) is 25.3 Å². The molecule has 3 atom stereocenters. The molecule has 1 aliphatic carbocycles. The van der Waals surface area contributed by atoms with Crippen LogP contribution in [0.2, 0.25) is 0 Å². The number of nitrogens with one attached hydrogen (secondary N) is 2. The van der Waals surface area contributed by atoms with Crippen molar-refractivity contribution in [3.8, 4) is 11.6 Å². The normalized spacial score (nSPS) is 22.6. The molecule has 0 radical (unpaired) electrons. The number of aliphatic imine (C=N–C) groups is 1. The van der Waals surface area contributed by atoms with Crippen LogP contribution in [0, 0.1) is 5.92 Å². The van der Waals surface area contributed by atoms with Gasteiger partial charge in [-0.1, -0.05) is 58.9 Å². The molecule has 2 aliphatic heterocycles. The van der Waals surface area contributed by atoms with E-state index in [0.717, 1.165) is 24.1 Å². The third-order valence-electron chi connectivity index (χ3n) is 7.08. The van der Waals surface area contributed by atoms with Gasteiger partial charge < -0.3 is 24.7 Å². The first-order valence-corrected chi connectivity index (χ1v) is 13.9. The molecule has 14 heteroatoms. The Morgan fingerprint density at radius 1 is 1.24 bits per heavy atom. The number of aromatic nitrogens is 3. The van der Waals surface area contributed by atoms with Crippen LogP contribution in [0.1, 0.15) is 29.8 Å². The smallest absolute Gasteiger partial charge is 0.402 e. The number of alkyl halides is 3. The first-order valence-electron chi connectivity index (χ1n) is 13.1. The third-order valence-corrected chi connectivity index (χ3v) is 8.22. The van der Waals surface area contributed by atoms with Crippen LogP contribution < -0.4 is 15.5 Å². The number of carbonyl (C=O) groups excluding carboxylic acids is 1. The summed E-state index contributed by atoms with van der Waals surface area (Å²) in [5.74, 6) is -0.787. The molecule has 214 valence electrons. The van der Waals surface area contributed by atoms with Crippen molar-refractivity contribution in [1.82, 2.24) is 20.5 Å². The Morgan fingerprint density at radius 2 is 2.07 bits per heavy atom. The van der Waals surface area contributed by atoms with Gasteiger partial charge in [0.05, 0.1) is 18.4 Å². The summed E-state index contributed by atoms with van der Waals surface area (Å²) in [5, 5.41) is 13.0. The first kappa shape index (κ1) is 27.1. The fourth-order valence-electron chi connectivity index (χ4n) is 5.23. The predicted octanol–water partition coefficient (Wildman–Crippen LogP) is 4.64. The zero-order chi connectivity index (χ0) is 28.6. The van der Waals surface area contributed by atoms with Crippen molar-refractivity contribution in [1.29, 1.82) is 0 Å². The van der Waals surface area contributed by atoms with Gasteiger partial charge in [-0.05, 0) is 30.9 Å². The summed E-state index contributed by atoms with van der Waals surface area (Å²) in [6.45, 7) is 0.908. The van der Waals surface area contributed by atoms with Gasteiger partial charge >= 0.3 is 12.2 Å². The average molecular weight is 586 g/mol. The van der Waals surface area contributed by atoms with Crippen molar-refractivity contribution in [2.45, 2.75) is 37.6 Å². The number of hydrogen-bond donors (Lipinski definition) is 2. The minimum Gasteiger partial charge on any atom is -0.402 e. The number of nitrogens with zero attached hydrogens (tertiary/aromatic N) is 5. The number of hydrogen-bond acceptors (Lipinski definition) is 10. The number of amides is 1. The summed E-state index contributed by atoms with van der Waals surface area (Å²) in [6.07, 6.45) is 2.19. The lowest BCUT2D eigenvalue weighted by molar-refractivity contribution is -0.137. The number of benzene rings is 1. The molecule has 0 spiro atoms.